The number of hydrogen-bond acceptors (Lipinski definition) is 5. The highest BCUT2D eigenvalue weighted by Gasteiger charge is 2.30. The van der Waals surface area contributed by atoms with Crippen molar-refractivity contribution in [1.29, 1.82) is 0 Å². The van der Waals surface area contributed by atoms with Gasteiger partial charge in [-0.2, -0.15) is 0 Å². The van der Waals surface area contributed by atoms with E-state index in [2.05, 4.69) is 15.1 Å². The molecule has 1 aliphatic heterocycles. The maximum Gasteiger partial charge on any atom is 0.255 e. The number of aromatic hydroxyl groups is 1. The molecule has 0 bridgehead atoms. The highest BCUT2D eigenvalue weighted by Crippen LogP contribution is 2.31. The standard InChI is InChI=1S/C22H26FN3O3/c1-29-20-14-15(13-19(23)21(20)27)22(28)24-16-3-5-17(6-4-16)25-9-2-10-26(12-11-25)18-7-8-18/h3-6,13-14,18,27H,2,7-12H2,1H3,(H,24,28). The summed E-state index contributed by atoms with van der Waals surface area (Å²) >= 11 is 0. The zero-order valence-electron chi connectivity index (χ0n) is 16.5. The molecule has 2 aliphatic rings. The van der Waals surface area contributed by atoms with Crippen LogP contribution in [-0.2, 0) is 0 Å². The third-order valence-corrected chi connectivity index (χ3v) is 5.59. The number of amides is 1. The molecular formula is C22H26FN3O3. The van der Waals surface area contributed by atoms with Gasteiger partial charge in [-0.1, -0.05) is 0 Å². The zero-order valence-corrected chi connectivity index (χ0v) is 16.5. The number of methoxy groups -OCH3 is 1. The van der Waals surface area contributed by atoms with Crippen molar-refractivity contribution in [2.45, 2.75) is 25.3 Å². The number of halogens is 1. The fourth-order valence-electron chi connectivity index (χ4n) is 3.82. The minimum Gasteiger partial charge on any atom is -0.502 e. The fraction of sp³-hybridized carbons (Fsp3) is 0.409. The van der Waals surface area contributed by atoms with E-state index < -0.39 is 17.5 Å². The van der Waals surface area contributed by atoms with Crippen LogP contribution in [0.5, 0.6) is 11.5 Å². The Kier molecular flexibility index (Phi) is 5.58. The molecule has 1 saturated carbocycles. The van der Waals surface area contributed by atoms with E-state index in [-0.39, 0.29) is 11.3 Å². The molecule has 2 N–H and O–H groups in total. The van der Waals surface area contributed by atoms with Crippen molar-refractivity contribution < 1.29 is 19.0 Å². The molecule has 2 fully saturated rings. The first-order chi connectivity index (χ1) is 14.0. The van der Waals surface area contributed by atoms with Crippen molar-refractivity contribution in [2.75, 3.05) is 43.5 Å². The van der Waals surface area contributed by atoms with Crippen LogP contribution in [0.3, 0.4) is 0 Å². The lowest BCUT2D eigenvalue weighted by Gasteiger charge is -2.24. The summed E-state index contributed by atoms with van der Waals surface area (Å²) in [7, 11) is 1.31. The summed E-state index contributed by atoms with van der Waals surface area (Å²) in [6.45, 7) is 4.30. The molecule has 0 aromatic heterocycles. The highest BCUT2D eigenvalue weighted by molar-refractivity contribution is 6.04. The number of ether oxygens (including phenoxy) is 1. The number of carbonyl (C=O) groups excluding carboxylic acids is 1. The predicted molar refractivity (Wildman–Crippen MR) is 110 cm³/mol. The van der Waals surface area contributed by atoms with Gasteiger partial charge in [0.2, 0.25) is 0 Å². The van der Waals surface area contributed by atoms with Crippen molar-refractivity contribution in [3.63, 3.8) is 0 Å². The quantitative estimate of drug-likeness (QED) is 0.806. The van der Waals surface area contributed by atoms with Gasteiger partial charge in [-0.15, -0.1) is 0 Å². The molecule has 0 radical (unpaired) electrons. The number of nitrogens with one attached hydrogen (secondary N) is 1. The Morgan fingerprint density at radius 1 is 1.14 bits per heavy atom. The van der Waals surface area contributed by atoms with Crippen molar-refractivity contribution in [1.82, 2.24) is 4.90 Å². The van der Waals surface area contributed by atoms with Gasteiger partial charge in [0.25, 0.3) is 5.91 Å². The third kappa shape index (κ3) is 4.45. The molecule has 2 aromatic rings. The van der Waals surface area contributed by atoms with Gasteiger partial charge in [0.05, 0.1) is 7.11 Å². The van der Waals surface area contributed by atoms with Crippen LogP contribution in [0.25, 0.3) is 0 Å². The van der Waals surface area contributed by atoms with E-state index in [1.54, 1.807) is 0 Å². The number of carbonyl (C=O) groups is 1. The number of phenols is 1. The lowest BCUT2D eigenvalue weighted by Crippen LogP contribution is -2.32. The summed E-state index contributed by atoms with van der Waals surface area (Å²) < 4.78 is 18.7. The molecule has 0 atom stereocenters. The number of nitrogens with zero attached hydrogens (tertiary/aromatic N) is 2. The molecule has 0 spiro atoms. The minimum atomic E-state index is -0.897. The molecule has 2 aromatic carbocycles. The molecule has 0 unspecified atom stereocenters. The maximum absolute atomic E-state index is 13.8. The second kappa shape index (κ2) is 8.29. The number of anilines is 2. The number of phenolic OH excluding ortho intramolecular Hbond substituents is 1. The second-order valence-electron chi connectivity index (χ2n) is 7.62. The third-order valence-electron chi connectivity index (χ3n) is 5.59. The Hall–Kier alpha value is -2.80. The zero-order chi connectivity index (χ0) is 20.4. The van der Waals surface area contributed by atoms with Gasteiger partial charge in [0.1, 0.15) is 0 Å². The van der Waals surface area contributed by atoms with Crippen molar-refractivity contribution in [3.05, 3.63) is 47.8 Å². The Bertz CT molecular complexity index is 884. The Labute approximate surface area is 169 Å². The van der Waals surface area contributed by atoms with Crippen molar-refractivity contribution >= 4 is 17.3 Å². The number of hydrogen-bond donors (Lipinski definition) is 2. The summed E-state index contributed by atoms with van der Waals surface area (Å²) in [4.78, 5) is 17.4. The maximum atomic E-state index is 13.8. The van der Waals surface area contributed by atoms with Crippen LogP contribution in [0.1, 0.15) is 29.6 Å². The topological polar surface area (TPSA) is 65.0 Å². The van der Waals surface area contributed by atoms with Crippen LogP contribution in [0.2, 0.25) is 0 Å². The van der Waals surface area contributed by atoms with E-state index >= 15 is 0 Å². The summed E-state index contributed by atoms with van der Waals surface area (Å²) in [5, 5.41) is 12.3. The first kappa shape index (κ1) is 19.5. The van der Waals surface area contributed by atoms with Crippen LogP contribution in [-0.4, -0.2) is 55.2 Å². The molecule has 1 saturated heterocycles. The minimum absolute atomic E-state index is 0.0769. The van der Waals surface area contributed by atoms with Gasteiger partial charge >= 0.3 is 0 Å². The summed E-state index contributed by atoms with van der Waals surface area (Å²) in [5.74, 6) is -2.05. The molecule has 29 heavy (non-hydrogen) atoms. The Morgan fingerprint density at radius 2 is 1.90 bits per heavy atom. The monoisotopic (exact) mass is 399 g/mol. The smallest absolute Gasteiger partial charge is 0.255 e. The molecule has 1 aliphatic carbocycles. The van der Waals surface area contributed by atoms with Crippen LogP contribution >= 0.6 is 0 Å². The molecule has 1 heterocycles. The van der Waals surface area contributed by atoms with Crippen LogP contribution in [0.4, 0.5) is 15.8 Å². The molecular weight excluding hydrogens is 373 g/mol. The molecule has 7 heteroatoms. The second-order valence-corrected chi connectivity index (χ2v) is 7.62. The van der Waals surface area contributed by atoms with E-state index in [1.807, 2.05) is 24.3 Å². The van der Waals surface area contributed by atoms with E-state index in [9.17, 15) is 14.3 Å². The first-order valence-corrected chi connectivity index (χ1v) is 10.0. The molecule has 154 valence electrons. The molecule has 4 rings (SSSR count). The Morgan fingerprint density at radius 3 is 2.59 bits per heavy atom. The van der Waals surface area contributed by atoms with Crippen molar-refractivity contribution in [2.24, 2.45) is 0 Å². The average Bonchev–Trinajstić information content (AvgIpc) is 3.57. The number of benzene rings is 2. The van der Waals surface area contributed by atoms with Gasteiger partial charge in [-0.25, -0.2) is 4.39 Å². The first-order valence-electron chi connectivity index (χ1n) is 10.0. The van der Waals surface area contributed by atoms with E-state index in [0.29, 0.717) is 5.69 Å². The van der Waals surface area contributed by atoms with Gasteiger partial charge in [-0.3, -0.25) is 9.69 Å². The van der Waals surface area contributed by atoms with Crippen molar-refractivity contribution in [3.8, 4) is 11.5 Å². The highest BCUT2D eigenvalue weighted by atomic mass is 19.1. The van der Waals surface area contributed by atoms with E-state index in [1.165, 1.54) is 32.6 Å². The van der Waals surface area contributed by atoms with Gasteiger partial charge in [0.15, 0.2) is 17.3 Å². The molecule has 1 amide bonds. The van der Waals surface area contributed by atoms with Crippen LogP contribution < -0.4 is 15.0 Å². The lowest BCUT2D eigenvalue weighted by molar-refractivity contribution is 0.102. The lowest BCUT2D eigenvalue weighted by atomic mass is 10.1. The molecule has 6 nitrogen and oxygen atoms in total. The Balaban J connectivity index is 1.40. The van der Waals surface area contributed by atoms with Gasteiger partial charge < -0.3 is 20.1 Å². The van der Waals surface area contributed by atoms with E-state index in [0.717, 1.165) is 43.9 Å². The average molecular weight is 399 g/mol. The van der Waals surface area contributed by atoms with Gasteiger partial charge in [0, 0.05) is 49.2 Å². The summed E-state index contributed by atoms with van der Waals surface area (Å²) in [6.07, 6.45) is 3.83. The van der Waals surface area contributed by atoms with Gasteiger partial charge in [-0.05, 0) is 55.7 Å². The fourth-order valence-corrected chi connectivity index (χ4v) is 3.82. The van der Waals surface area contributed by atoms with Crippen LogP contribution in [0, 0.1) is 5.82 Å². The number of rotatable bonds is 5. The largest absolute Gasteiger partial charge is 0.502 e. The normalized spacial score (nSPS) is 17.7. The van der Waals surface area contributed by atoms with Crippen LogP contribution in [0.15, 0.2) is 36.4 Å². The SMILES string of the molecule is COc1cc(C(=O)Nc2ccc(N3CCCN(C4CC4)CC3)cc2)cc(F)c1O. The summed E-state index contributed by atoms with van der Waals surface area (Å²) in [5.41, 5.74) is 1.84. The van der Waals surface area contributed by atoms with E-state index in [4.69, 9.17) is 4.74 Å². The summed E-state index contributed by atoms with van der Waals surface area (Å²) in [6, 6.07) is 10.8. The predicted octanol–water partition coefficient (Wildman–Crippen LogP) is 3.47.